The standard InChI is InChI=1S/C26H23N5O6/c32-24(27-19-5-2-6-20(16-19)31(34)35)17-37-21-7-1-4-18-9-10-23(28-25(18)21)29-11-13-30(14-12-29)26(33)22-8-3-15-36-22/h1-10,15-16H,11-14,17H2,(H,27,32). The van der Waals surface area contributed by atoms with E-state index in [1.165, 1.54) is 24.5 Å². The van der Waals surface area contributed by atoms with Gasteiger partial charge in [0.05, 0.1) is 11.2 Å². The second kappa shape index (κ2) is 10.4. The number of hydrogen-bond donors (Lipinski definition) is 1. The Kier molecular flexibility index (Phi) is 6.66. The maximum Gasteiger partial charge on any atom is 0.289 e. The Hall–Kier alpha value is -4.93. The Labute approximate surface area is 211 Å². The first kappa shape index (κ1) is 23.8. The largest absolute Gasteiger partial charge is 0.481 e. The van der Waals surface area contributed by atoms with Gasteiger partial charge in [-0.1, -0.05) is 18.2 Å². The lowest BCUT2D eigenvalue weighted by Gasteiger charge is -2.35. The van der Waals surface area contributed by atoms with Crippen LogP contribution >= 0.6 is 0 Å². The molecule has 1 aliphatic rings. The van der Waals surface area contributed by atoms with Crippen molar-refractivity contribution in [2.24, 2.45) is 0 Å². The summed E-state index contributed by atoms with van der Waals surface area (Å²) in [6.07, 6.45) is 1.49. The van der Waals surface area contributed by atoms with Crippen molar-refractivity contribution in [3.05, 3.63) is 88.9 Å². The second-order valence-electron chi connectivity index (χ2n) is 8.40. The molecule has 1 aliphatic heterocycles. The molecule has 0 spiro atoms. The fourth-order valence-corrected chi connectivity index (χ4v) is 4.13. The predicted molar refractivity (Wildman–Crippen MR) is 136 cm³/mol. The monoisotopic (exact) mass is 501 g/mol. The van der Waals surface area contributed by atoms with Crippen LogP contribution in [0.1, 0.15) is 10.6 Å². The molecule has 5 rings (SSSR count). The second-order valence-corrected chi connectivity index (χ2v) is 8.40. The molecule has 0 radical (unpaired) electrons. The average Bonchev–Trinajstić information content (AvgIpc) is 3.46. The maximum absolute atomic E-state index is 12.5. The number of carbonyl (C=O) groups excluding carboxylic acids is 2. The number of non-ortho nitro benzene ring substituents is 1. The van der Waals surface area contributed by atoms with Crippen LogP contribution in [-0.4, -0.2) is 59.4 Å². The van der Waals surface area contributed by atoms with Crippen molar-refractivity contribution in [2.75, 3.05) is 43.0 Å². The van der Waals surface area contributed by atoms with Crippen LogP contribution in [0, 0.1) is 10.1 Å². The third-order valence-corrected chi connectivity index (χ3v) is 5.99. The summed E-state index contributed by atoms with van der Waals surface area (Å²) in [6.45, 7) is 2.00. The van der Waals surface area contributed by atoms with Crippen molar-refractivity contribution in [1.82, 2.24) is 9.88 Å². The van der Waals surface area contributed by atoms with E-state index in [9.17, 15) is 19.7 Å². The summed E-state index contributed by atoms with van der Waals surface area (Å²) >= 11 is 0. The van der Waals surface area contributed by atoms with E-state index in [1.54, 1.807) is 29.2 Å². The Balaban J connectivity index is 1.24. The number of amides is 2. The molecule has 0 saturated carbocycles. The summed E-state index contributed by atoms with van der Waals surface area (Å²) in [5.41, 5.74) is 0.804. The van der Waals surface area contributed by atoms with Crippen LogP contribution in [0.5, 0.6) is 5.75 Å². The number of aromatic nitrogens is 1. The SMILES string of the molecule is O=C(COc1cccc2ccc(N3CCN(C(=O)c4ccco4)CC3)nc12)Nc1cccc([N+](=O)[O-])c1. The number of fused-ring (bicyclic) bond motifs is 1. The first-order valence-electron chi connectivity index (χ1n) is 11.6. The number of nitro benzene ring substituents is 1. The highest BCUT2D eigenvalue weighted by molar-refractivity contribution is 5.93. The van der Waals surface area contributed by atoms with Crippen molar-refractivity contribution in [1.29, 1.82) is 0 Å². The maximum atomic E-state index is 12.5. The number of pyridine rings is 1. The number of rotatable bonds is 7. The van der Waals surface area contributed by atoms with Gasteiger partial charge in [-0.25, -0.2) is 4.98 Å². The lowest BCUT2D eigenvalue weighted by Crippen LogP contribution is -2.49. The minimum atomic E-state index is -0.525. The lowest BCUT2D eigenvalue weighted by molar-refractivity contribution is -0.384. The molecular formula is C26H23N5O6. The van der Waals surface area contributed by atoms with Gasteiger partial charge in [-0.2, -0.15) is 0 Å². The summed E-state index contributed by atoms with van der Waals surface area (Å²) in [6, 6.07) is 18.4. The number of nitrogens with zero attached hydrogens (tertiary/aromatic N) is 4. The number of anilines is 2. The van der Waals surface area contributed by atoms with E-state index in [0.717, 1.165) is 11.2 Å². The molecule has 11 heteroatoms. The molecule has 11 nitrogen and oxygen atoms in total. The van der Waals surface area contributed by atoms with Crippen LogP contribution in [0.3, 0.4) is 0 Å². The predicted octanol–water partition coefficient (Wildman–Crippen LogP) is 3.72. The molecule has 1 N–H and O–H groups in total. The van der Waals surface area contributed by atoms with E-state index in [0.29, 0.717) is 48.9 Å². The summed E-state index contributed by atoms with van der Waals surface area (Å²) in [5.74, 6) is 0.935. The smallest absolute Gasteiger partial charge is 0.289 e. The molecule has 4 aromatic rings. The van der Waals surface area contributed by atoms with E-state index in [1.807, 2.05) is 24.3 Å². The van der Waals surface area contributed by atoms with Gasteiger partial charge in [0, 0.05) is 49.4 Å². The fourth-order valence-electron chi connectivity index (χ4n) is 4.13. The van der Waals surface area contributed by atoms with E-state index >= 15 is 0 Å². The molecular weight excluding hydrogens is 478 g/mol. The zero-order valence-corrected chi connectivity index (χ0v) is 19.7. The van der Waals surface area contributed by atoms with E-state index in [2.05, 4.69) is 10.2 Å². The van der Waals surface area contributed by atoms with E-state index < -0.39 is 10.8 Å². The van der Waals surface area contributed by atoms with Gasteiger partial charge < -0.3 is 24.3 Å². The molecule has 0 aliphatic carbocycles. The molecule has 0 bridgehead atoms. The van der Waals surface area contributed by atoms with Crippen molar-refractivity contribution >= 4 is 39.9 Å². The highest BCUT2D eigenvalue weighted by Crippen LogP contribution is 2.27. The fraction of sp³-hybridized carbons (Fsp3) is 0.192. The normalized spacial score (nSPS) is 13.4. The minimum Gasteiger partial charge on any atom is -0.481 e. The van der Waals surface area contributed by atoms with Crippen molar-refractivity contribution in [3.63, 3.8) is 0 Å². The number of hydrogen-bond acceptors (Lipinski definition) is 8. The Morgan fingerprint density at radius 1 is 1.03 bits per heavy atom. The molecule has 1 saturated heterocycles. The van der Waals surface area contributed by atoms with Crippen LogP contribution in [-0.2, 0) is 4.79 Å². The van der Waals surface area contributed by atoms with Crippen LogP contribution < -0.4 is 15.0 Å². The quantitative estimate of drug-likeness (QED) is 0.299. The number of piperazine rings is 1. The molecule has 0 unspecified atom stereocenters. The molecule has 188 valence electrons. The molecule has 2 aromatic carbocycles. The van der Waals surface area contributed by atoms with Gasteiger partial charge in [-0.3, -0.25) is 19.7 Å². The van der Waals surface area contributed by atoms with Gasteiger partial charge in [0.1, 0.15) is 17.1 Å². The van der Waals surface area contributed by atoms with Crippen LogP contribution in [0.25, 0.3) is 10.9 Å². The Morgan fingerprint density at radius 3 is 2.59 bits per heavy atom. The third-order valence-electron chi connectivity index (χ3n) is 5.99. The third kappa shape index (κ3) is 5.35. The van der Waals surface area contributed by atoms with Gasteiger partial charge in [0.15, 0.2) is 12.4 Å². The topological polar surface area (TPSA) is 131 Å². The zero-order chi connectivity index (χ0) is 25.8. The summed E-state index contributed by atoms with van der Waals surface area (Å²) in [7, 11) is 0. The number of nitro groups is 1. The van der Waals surface area contributed by atoms with E-state index in [-0.39, 0.29) is 18.2 Å². The number of furan rings is 1. The van der Waals surface area contributed by atoms with Gasteiger partial charge in [0.25, 0.3) is 17.5 Å². The number of para-hydroxylation sites is 1. The molecule has 37 heavy (non-hydrogen) atoms. The molecule has 3 heterocycles. The summed E-state index contributed by atoms with van der Waals surface area (Å²) in [4.78, 5) is 44.0. The number of nitrogens with one attached hydrogen (secondary N) is 1. The summed E-state index contributed by atoms with van der Waals surface area (Å²) in [5, 5.41) is 14.4. The Bertz CT molecular complexity index is 1450. The molecule has 0 atom stereocenters. The van der Waals surface area contributed by atoms with Gasteiger partial charge in [0.2, 0.25) is 0 Å². The van der Waals surface area contributed by atoms with Crippen LogP contribution in [0.2, 0.25) is 0 Å². The zero-order valence-electron chi connectivity index (χ0n) is 19.7. The van der Waals surface area contributed by atoms with Gasteiger partial charge in [-0.05, 0) is 36.4 Å². The van der Waals surface area contributed by atoms with Crippen molar-refractivity contribution < 1.29 is 23.7 Å². The van der Waals surface area contributed by atoms with Gasteiger partial charge >= 0.3 is 0 Å². The highest BCUT2D eigenvalue weighted by Gasteiger charge is 2.24. The van der Waals surface area contributed by atoms with Crippen LogP contribution in [0.15, 0.2) is 77.4 Å². The van der Waals surface area contributed by atoms with Crippen molar-refractivity contribution in [3.8, 4) is 5.75 Å². The number of benzene rings is 2. The summed E-state index contributed by atoms with van der Waals surface area (Å²) < 4.78 is 11.0. The molecule has 2 amide bonds. The van der Waals surface area contributed by atoms with Crippen molar-refractivity contribution in [2.45, 2.75) is 0 Å². The van der Waals surface area contributed by atoms with Gasteiger partial charge in [-0.15, -0.1) is 0 Å². The molecule has 2 aromatic heterocycles. The lowest BCUT2D eigenvalue weighted by atomic mass is 10.2. The highest BCUT2D eigenvalue weighted by atomic mass is 16.6. The average molecular weight is 501 g/mol. The van der Waals surface area contributed by atoms with E-state index in [4.69, 9.17) is 14.1 Å². The first-order valence-corrected chi connectivity index (χ1v) is 11.6. The first-order chi connectivity index (χ1) is 18.0. The number of carbonyl (C=O) groups is 2. The molecule has 1 fully saturated rings. The van der Waals surface area contributed by atoms with Crippen LogP contribution in [0.4, 0.5) is 17.2 Å². The number of ether oxygens (including phenoxy) is 1. The Morgan fingerprint density at radius 2 is 1.84 bits per heavy atom. The minimum absolute atomic E-state index is 0.115.